The monoisotopic (exact) mass is 272 g/mol. The van der Waals surface area contributed by atoms with Crippen LogP contribution in [-0.2, 0) is 4.79 Å². The maximum atomic E-state index is 12.1. The Labute approximate surface area is 116 Å². The number of rotatable bonds is 6. The lowest BCUT2D eigenvalue weighted by atomic mass is 9.98. The average Bonchev–Trinajstić information content (AvgIpc) is 2.36. The Balaban J connectivity index is 2.23. The fourth-order valence-corrected chi connectivity index (χ4v) is 3.36. The van der Waals surface area contributed by atoms with Gasteiger partial charge in [-0.3, -0.25) is 4.79 Å². The average molecular weight is 272 g/mol. The Morgan fingerprint density at radius 3 is 2.56 bits per heavy atom. The van der Waals surface area contributed by atoms with Crippen LogP contribution in [-0.4, -0.2) is 41.9 Å². The summed E-state index contributed by atoms with van der Waals surface area (Å²) in [4.78, 5) is 13.9. The van der Waals surface area contributed by atoms with Gasteiger partial charge in [-0.05, 0) is 42.6 Å². The van der Waals surface area contributed by atoms with Gasteiger partial charge in [0.15, 0.2) is 0 Å². The maximum absolute atomic E-state index is 12.1. The highest BCUT2D eigenvalue weighted by molar-refractivity contribution is 7.99. The van der Waals surface area contributed by atoms with Crippen LogP contribution < -0.4 is 5.73 Å². The van der Waals surface area contributed by atoms with Crippen molar-refractivity contribution in [3.05, 3.63) is 0 Å². The number of carbonyl (C=O) groups is 1. The Morgan fingerprint density at radius 2 is 2.00 bits per heavy atom. The van der Waals surface area contributed by atoms with Crippen molar-refractivity contribution in [1.82, 2.24) is 4.90 Å². The fourth-order valence-electron chi connectivity index (χ4n) is 2.15. The first kappa shape index (κ1) is 15.8. The van der Waals surface area contributed by atoms with E-state index in [1.807, 2.05) is 23.7 Å². The van der Waals surface area contributed by atoms with E-state index in [9.17, 15) is 4.79 Å². The molecule has 0 saturated carbocycles. The van der Waals surface area contributed by atoms with E-state index in [-0.39, 0.29) is 6.04 Å². The normalized spacial score (nSPS) is 18.9. The van der Waals surface area contributed by atoms with E-state index in [2.05, 4.69) is 13.8 Å². The smallest absolute Gasteiger partial charge is 0.222 e. The van der Waals surface area contributed by atoms with Gasteiger partial charge in [0.25, 0.3) is 0 Å². The summed E-state index contributed by atoms with van der Waals surface area (Å²) in [6.45, 7) is 5.05. The van der Waals surface area contributed by atoms with Crippen molar-refractivity contribution < 1.29 is 4.79 Å². The van der Waals surface area contributed by atoms with Crippen LogP contribution >= 0.6 is 11.8 Å². The molecule has 1 aliphatic rings. The zero-order chi connectivity index (χ0) is 13.5. The number of hydrogen-bond donors (Lipinski definition) is 1. The zero-order valence-electron chi connectivity index (χ0n) is 12.0. The first-order valence-electron chi connectivity index (χ1n) is 7.08. The highest BCUT2D eigenvalue weighted by Crippen LogP contribution is 2.25. The van der Waals surface area contributed by atoms with Crippen LogP contribution in [0.15, 0.2) is 0 Å². The summed E-state index contributed by atoms with van der Waals surface area (Å²) < 4.78 is 0. The zero-order valence-corrected chi connectivity index (χ0v) is 12.8. The lowest BCUT2D eigenvalue weighted by molar-refractivity contribution is -0.131. The van der Waals surface area contributed by atoms with Crippen molar-refractivity contribution in [1.29, 1.82) is 0 Å². The lowest BCUT2D eigenvalue weighted by Crippen LogP contribution is -2.35. The van der Waals surface area contributed by atoms with Crippen LogP contribution in [0.25, 0.3) is 0 Å². The molecule has 18 heavy (non-hydrogen) atoms. The molecule has 106 valence electrons. The number of nitrogens with zero attached hydrogens (tertiary/aromatic N) is 1. The second kappa shape index (κ2) is 8.05. The summed E-state index contributed by atoms with van der Waals surface area (Å²) in [5, 5.41) is 0. The van der Waals surface area contributed by atoms with Crippen molar-refractivity contribution in [2.45, 2.75) is 45.6 Å². The van der Waals surface area contributed by atoms with Gasteiger partial charge in [0.2, 0.25) is 5.91 Å². The molecule has 0 aromatic carbocycles. The lowest BCUT2D eigenvalue weighted by Gasteiger charge is -2.25. The molecule has 1 rings (SSSR count). The first-order chi connectivity index (χ1) is 8.50. The minimum absolute atomic E-state index is 0.200. The van der Waals surface area contributed by atoms with Crippen molar-refractivity contribution in [2.24, 2.45) is 17.6 Å². The third-order valence-corrected chi connectivity index (χ3v) is 4.93. The molecule has 1 fully saturated rings. The van der Waals surface area contributed by atoms with Crippen molar-refractivity contribution >= 4 is 17.7 Å². The van der Waals surface area contributed by atoms with Gasteiger partial charge in [0.1, 0.15) is 0 Å². The summed E-state index contributed by atoms with van der Waals surface area (Å²) in [7, 11) is 1.91. The number of amides is 1. The van der Waals surface area contributed by atoms with E-state index in [1.165, 1.54) is 24.3 Å². The van der Waals surface area contributed by atoms with Crippen LogP contribution in [0, 0.1) is 11.8 Å². The molecule has 3 nitrogen and oxygen atoms in total. The summed E-state index contributed by atoms with van der Waals surface area (Å²) in [5.41, 5.74) is 6.01. The maximum Gasteiger partial charge on any atom is 0.222 e. The molecule has 2 N–H and O–H groups in total. The van der Waals surface area contributed by atoms with Crippen LogP contribution in [0.1, 0.15) is 39.5 Å². The van der Waals surface area contributed by atoms with Crippen molar-refractivity contribution in [3.8, 4) is 0 Å². The summed E-state index contributed by atoms with van der Waals surface area (Å²) in [5.74, 6) is 3.84. The van der Waals surface area contributed by atoms with Gasteiger partial charge in [0, 0.05) is 26.1 Å². The third kappa shape index (κ3) is 5.61. The van der Waals surface area contributed by atoms with Crippen LogP contribution in [0.4, 0.5) is 0 Å². The topological polar surface area (TPSA) is 46.3 Å². The van der Waals surface area contributed by atoms with Crippen LogP contribution in [0.3, 0.4) is 0 Å². The minimum Gasteiger partial charge on any atom is -0.346 e. The summed E-state index contributed by atoms with van der Waals surface area (Å²) in [6, 6.07) is 0.200. The van der Waals surface area contributed by atoms with Gasteiger partial charge >= 0.3 is 0 Å². The second-order valence-electron chi connectivity index (χ2n) is 5.77. The van der Waals surface area contributed by atoms with E-state index in [1.54, 1.807) is 0 Å². The number of nitrogens with two attached hydrogens (primary N) is 1. The molecule has 1 aliphatic heterocycles. The molecule has 0 aromatic rings. The van der Waals surface area contributed by atoms with Gasteiger partial charge in [-0.25, -0.2) is 0 Å². The highest BCUT2D eigenvalue weighted by Gasteiger charge is 2.20. The Kier molecular flexibility index (Phi) is 7.08. The molecule has 4 heteroatoms. The van der Waals surface area contributed by atoms with Gasteiger partial charge in [-0.2, -0.15) is 11.8 Å². The first-order valence-corrected chi connectivity index (χ1v) is 8.23. The van der Waals surface area contributed by atoms with Crippen LogP contribution in [0.2, 0.25) is 0 Å². The van der Waals surface area contributed by atoms with Crippen molar-refractivity contribution in [2.75, 3.05) is 25.1 Å². The van der Waals surface area contributed by atoms with E-state index in [4.69, 9.17) is 5.73 Å². The molecule has 1 saturated heterocycles. The predicted octanol–water partition coefficient (Wildman–Crippen LogP) is 2.35. The molecule has 0 aromatic heterocycles. The van der Waals surface area contributed by atoms with E-state index < -0.39 is 0 Å². The molecular formula is C14H28N2OS. The van der Waals surface area contributed by atoms with E-state index >= 15 is 0 Å². The molecule has 0 bridgehead atoms. The summed E-state index contributed by atoms with van der Waals surface area (Å²) in [6.07, 6.45) is 4.04. The molecule has 1 atom stereocenters. The quantitative estimate of drug-likeness (QED) is 0.807. The van der Waals surface area contributed by atoms with Gasteiger partial charge in [-0.15, -0.1) is 0 Å². The van der Waals surface area contributed by atoms with Gasteiger partial charge < -0.3 is 10.6 Å². The Bertz CT molecular complexity index is 252. The third-order valence-electron chi connectivity index (χ3n) is 3.88. The molecule has 0 spiro atoms. The molecular weight excluding hydrogens is 244 g/mol. The van der Waals surface area contributed by atoms with Gasteiger partial charge in [0.05, 0.1) is 0 Å². The molecule has 1 heterocycles. The SMILES string of the molecule is CC(C)C(N)CCN(C)C(=O)CC1CCSCC1. The molecule has 0 aliphatic carbocycles. The standard InChI is InChI=1S/C14H28N2OS/c1-11(2)13(15)4-7-16(3)14(17)10-12-5-8-18-9-6-12/h11-13H,4-10,15H2,1-3H3. The Hall–Kier alpha value is -0.220. The Morgan fingerprint density at radius 1 is 1.39 bits per heavy atom. The second-order valence-corrected chi connectivity index (χ2v) is 7.00. The number of carbonyl (C=O) groups excluding carboxylic acids is 1. The number of hydrogen-bond acceptors (Lipinski definition) is 3. The van der Waals surface area contributed by atoms with Crippen molar-refractivity contribution in [3.63, 3.8) is 0 Å². The largest absolute Gasteiger partial charge is 0.346 e. The highest BCUT2D eigenvalue weighted by atomic mass is 32.2. The fraction of sp³-hybridized carbons (Fsp3) is 0.929. The molecule has 0 radical (unpaired) electrons. The van der Waals surface area contributed by atoms with E-state index in [0.717, 1.165) is 19.4 Å². The summed E-state index contributed by atoms with van der Waals surface area (Å²) >= 11 is 2.01. The molecule has 1 unspecified atom stereocenters. The minimum atomic E-state index is 0.200. The number of thioether (sulfide) groups is 1. The predicted molar refractivity (Wildman–Crippen MR) is 79.7 cm³/mol. The van der Waals surface area contributed by atoms with Crippen LogP contribution in [0.5, 0.6) is 0 Å². The van der Waals surface area contributed by atoms with Gasteiger partial charge in [-0.1, -0.05) is 13.8 Å². The molecule has 1 amide bonds. The van der Waals surface area contributed by atoms with E-state index in [0.29, 0.717) is 17.7 Å².